The SMILES string of the molecule is CNCCCC(=O)c1ccc2c(c1)CCCC2. The lowest BCUT2D eigenvalue weighted by molar-refractivity contribution is 0.0980. The number of nitrogens with one attached hydrogen (secondary N) is 1. The summed E-state index contributed by atoms with van der Waals surface area (Å²) in [7, 11) is 1.92. The Bertz CT molecular complexity index is 398. The molecule has 0 radical (unpaired) electrons. The Hall–Kier alpha value is -1.15. The monoisotopic (exact) mass is 231 g/mol. The van der Waals surface area contributed by atoms with Gasteiger partial charge in [0.2, 0.25) is 0 Å². The minimum absolute atomic E-state index is 0.286. The topological polar surface area (TPSA) is 29.1 Å². The minimum atomic E-state index is 0.286. The van der Waals surface area contributed by atoms with Gasteiger partial charge in [-0.1, -0.05) is 12.1 Å². The lowest BCUT2D eigenvalue weighted by Gasteiger charge is -2.16. The molecular formula is C15H21NO. The van der Waals surface area contributed by atoms with E-state index in [1.165, 1.54) is 30.4 Å². The van der Waals surface area contributed by atoms with Gasteiger partial charge in [-0.15, -0.1) is 0 Å². The van der Waals surface area contributed by atoms with Crippen LogP contribution >= 0.6 is 0 Å². The Morgan fingerprint density at radius 2 is 2.00 bits per heavy atom. The van der Waals surface area contributed by atoms with Crippen LogP contribution < -0.4 is 5.32 Å². The number of carbonyl (C=O) groups is 1. The van der Waals surface area contributed by atoms with E-state index in [1.807, 2.05) is 13.1 Å². The predicted octanol–water partition coefficient (Wildman–Crippen LogP) is 2.75. The van der Waals surface area contributed by atoms with Gasteiger partial charge in [-0.2, -0.15) is 0 Å². The molecule has 0 amide bonds. The number of Topliss-reactive ketones (excluding diaryl/α,β-unsaturated/α-hetero) is 1. The first kappa shape index (κ1) is 12.3. The molecule has 2 heteroatoms. The molecule has 0 heterocycles. The maximum absolute atomic E-state index is 12.0. The number of hydrogen-bond acceptors (Lipinski definition) is 2. The number of fused-ring (bicyclic) bond motifs is 1. The Labute approximate surface area is 103 Å². The van der Waals surface area contributed by atoms with Gasteiger partial charge in [0, 0.05) is 12.0 Å². The highest BCUT2D eigenvalue weighted by atomic mass is 16.1. The third-order valence-corrected chi connectivity index (χ3v) is 3.50. The molecule has 0 aromatic heterocycles. The second-order valence-electron chi connectivity index (χ2n) is 4.82. The third-order valence-electron chi connectivity index (χ3n) is 3.50. The highest BCUT2D eigenvalue weighted by molar-refractivity contribution is 5.96. The van der Waals surface area contributed by atoms with E-state index in [9.17, 15) is 4.79 Å². The first-order valence-corrected chi connectivity index (χ1v) is 6.61. The Kier molecular flexibility index (Phi) is 4.32. The maximum Gasteiger partial charge on any atom is 0.162 e. The van der Waals surface area contributed by atoms with Crippen molar-refractivity contribution < 1.29 is 4.79 Å². The lowest BCUT2D eigenvalue weighted by Crippen LogP contribution is -2.11. The second-order valence-corrected chi connectivity index (χ2v) is 4.82. The van der Waals surface area contributed by atoms with E-state index in [-0.39, 0.29) is 5.78 Å². The lowest BCUT2D eigenvalue weighted by atomic mass is 9.89. The van der Waals surface area contributed by atoms with E-state index in [1.54, 1.807) is 0 Å². The predicted molar refractivity (Wildman–Crippen MR) is 70.6 cm³/mol. The van der Waals surface area contributed by atoms with Crippen LogP contribution in [0.5, 0.6) is 0 Å². The zero-order chi connectivity index (χ0) is 12.1. The molecule has 1 aliphatic rings. The number of hydrogen-bond donors (Lipinski definition) is 1. The number of rotatable bonds is 5. The fraction of sp³-hybridized carbons (Fsp3) is 0.533. The Balaban J connectivity index is 2.03. The fourth-order valence-electron chi connectivity index (χ4n) is 2.48. The summed E-state index contributed by atoms with van der Waals surface area (Å²) in [6.07, 6.45) is 6.47. The van der Waals surface area contributed by atoms with Crippen LogP contribution in [0.1, 0.15) is 47.2 Å². The summed E-state index contributed by atoms with van der Waals surface area (Å²) < 4.78 is 0. The molecule has 0 atom stereocenters. The number of ketones is 1. The minimum Gasteiger partial charge on any atom is -0.320 e. The summed E-state index contributed by atoms with van der Waals surface area (Å²) in [4.78, 5) is 12.0. The fourth-order valence-corrected chi connectivity index (χ4v) is 2.48. The largest absolute Gasteiger partial charge is 0.320 e. The van der Waals surface area contributed by atoms with Gasteiger partial charge in [0.25, 0.3) is 0 Å². The molecular weight excluding hydrogens is 210 g/mol. The van der Waals surface area contributed by atoms with Gasteiger partial charge in [0.1, 0.15) is 0 Å². The Morgan fingerprint density at radius 3 is 2.76 bits per heavy atom. The summed E-state index contributed by atoms with van der Waals surface area (Å²) in [6, 6.07) is 6.28. The molecule has 0 bridgehead atoms. The van der Waals surface area contributed by atoms with E-state index >= 15 is 0 Å². The van der Waals surface area contributed by atoms with E-state index < -0.39 is 0 Å². The number of benzene rings is 1. The summed E-state index contributed by atoms with van der Waals surface area (Å²) in [5.41, 5.74) is 3.75. The molecule has 0 unspecified atom stereocenters. The van der Waals surface area contributed by atoms with Crippen molar-refractivity contribution in [2.24, 2.45) is 0 Å². The van der Waals surface area contributed by atoms with E-state index in [4.69, 9.17) is 0 Å². The van der Waals surface area contributed by atoms with Gasteiger partial charge < -0.3 is 5.32 Å². The summed E-state index contributed by atoms with van der Waals surface area (Å²) in [5, 5.41) is 3.07. The molecule has 17 heavy (non-hydrogen) atoms. The second kappa shape index (κ2) is 5.97. The molecule has 0 fully saturated rings. The maximum atomic E-state index is 12.0. The van der Waals surface area contributed by atoms with Gasteiger partial charge in [-0.05, 0) is 62.9 Å². The van der Waals surface area contributed by atoms with E-state index in [0.29, 0.717) is 6.42 Å². The van der Waals surface area contributed by atoms with Crippen molar-refractivity contribution in [3.8, 4) is 0 Å². The average molecular weight is 231 g/mol. The molecule has 92 valence electrons. The van der Waals surface area contributed by atoms with Crippen LogP contribution in [0.25, 0.3) is 0 Å². The molecule has 0 saturated carbocycles. The molecule has 2 nitrogen and oxygen atoms in total. The van der Waals surface area contributed by atoms with Crippen molar-refractivity contribution in [1.82, 2.24) is 5.32 Å². The van der Waals surface area contributed by atoms with Gasteiger partial charge in [-0.25, -0.2) is 0 Å². The van der Waals surface area contributed by atoms with Crippen molar-refractivity contribution in [2.75, 3.05) is 13.6 Å². The smallest absolute Gasteiger partial charge is 0.162 e. The van der Waals surface area contributed by atoms with Crippen molar-refractivity contribution in [3.05, 3.63) is 34.9 Å². The normalized spacial score (nSPS) is 14.4. The summed E-state index contributed by atoms with van der Waals surface area (Å²) in [5.74, 6) is 0.286. The van der Waals surface area contributed by atoms with Crippen molar-refractivity contribution in [2.45, 2.75) is 38.5 Å². The summed E-state index contributed by atoms with van der Waals surface area (Å²) >= 11 is 0. The molecule has 2 rings (SSSR count). The van der Waals surface area contributed by atoms with E-state index in [0.717, 1.165) is 24.9 Å². The van der Waals surface area contributed by atoms with Crippen LogP contribution in [0.15, 0.2) is 18.2 Å². The van der Waals surface area contributed by atoms with Crippen molar-refractivity contribution in [3.63, 3.8) is 0 Å². The first-order chi connectivity index (χ1) is 8.31. The van der Waals surface area contributed by atoms with Crippen LogP contribution in [-0.4, -0.2) is 19.4 Å². The van der Waals surface area contributed by atoms with Crippen LogP contribution in [0, 0.1) is 0 Å². The van der Waals surface area contributed by atoms with Crippen LogP contribution in [-0.2, 0) is 12.8 Å². The van der Waals surface area contributed by atoms with Crippen LogP contribution in [0.2, 0.25) is 0 Å². The van der Waals surface area contributed by atoms with Crippen LogP contribution in [0.3, 0.4) is 0 Å². The quantitative estimate of drug-likeness (QED) is 0.623. The number of carbonyl (C=O) groups excluding carboxylic acids is 1. The van der Waals surface area contributed by atoms with Gasteiger partial charge in [0.05, 0.1) is 0 Å². The summed E-state index contributed by atoms with van der Waals surface area (Å²) in [6.45, 7) is 0.913. The highest BCUT2D eigenvalue weighted by Crippen LogP contribution is 2.22. The molecule has 1 aromatic carbocycles. The van der Waals surface area contributed by atoms with Gasteiger partial charge in [0.15, 0.2) is 5.78 Å². The average Bonchev–Trinajstić information content (AvgIpc) is 2.38. The number of aryl methyl sites for hydroxylation is 2. The first-order valence-electron chi connectivity index (χ1n) is 6.61. The van der Waals surface area contributed by atoms with Crippen LogP contribution in [0.4, 0.5) is 0 Å². The molecule has 0 spiro atoms. The molecule has 1 aliphatic carbocycles. The standard InChI is InChI=1S/C15H21NO/c1-16-10-4-7-15(17)14-9-8-12-5-2-3-6-13(12)11-14/h8-9,11,16H,2-7,10H2,1H3. The van der Waals surface area contributed by atoms with E-state index in [2.05, 4.69) is 17.4 Å². The van der Waals surface area contributed by atoms with Crippen molar-refractivity contribution >= 4 is 5.78 Å². The zero-order valence-corrected chi connectivity index (χ0v) is 10.6. The van der Waals surface area contributed by atoms with Gasteiger partial charge in [-0.3, -0.25) is 4.79 Å². The third kappa shape index (κ3) is 3.16. The molecule has 0 saturated heterocycles. The molecule has 1 aromatic rings. The highest BCUT2D eigenvalue weighted by Gasteiger charge is 2.12. The zero-order valence-electron chi connectivity index (χ0n) is 10.6. The molecule has 0 aliphatic heterocycles. The van der Waals surface area contributed by atoms with Crippen molar-refractivity contribution in [1.29, 1.82) is 0 Å². The van der Waals surface area contributed by atoms with Gasteiger partial charge >= 0.3 is 0 Å². The molecule has 1 N–H and O–H groups in total. The Morgan fingerprint density at radius 1 is 1.24 bits per heavy atom.